The molecule has 0 bridgehead atoms. The van der Waals surface area contributed by atoms with Crippen LogP contribution in [0.25, 0.3) is 0 Å². The van der Waals surface area contributed by atoms with Crippen LogP contribution in [0.1, 0.15) is 49.4 Å². The average Bonchev–Trinajstić information content (AvgIpc) is 2.85. The van der Waals surface area contributed by atoms with Crippen LogP contribution in [0, 0.1) is 0 Å². The van der Waals surface area contributed by atoms with E-state index >= 15 is 0 Å². The minimum absolute atomic E-state index is 0.0421. The number of carbonyl (C=O) groups excluding carboxylic acids is 2. The highest BCUT2D eigenvalue weighted by Crippen LogP contribution is 2.18. The molecule has 0 fully saturated rings. The van der Waals surface area contributed by atoms with E-state index in [-0.39, 0.29) is 11.6 Å². The predicted molar refractivity (Wildman–Crippen MR) is 125 cm³/mol. The maximum atomic E-state index is 12.9. The fourth-order valence-electron chi connectivity index (χ4n) is 3.77. The Morgan fingerprint density at radius 3 is 1.65 bits per heavy atom. The van der Waals surface area contributed by atoms with Gasteiger partial charge >= 0.3 is 0 Å². The van der Waals surface area contributed by atoms with Crippen molar-refractivity contribution in [2.75, 3.05) is 0 Å². The smallest absolute Gasteiger partial charge is 0.193 e. The van der Waals surface area contributed by atoms with E-state index in [9.17, 15) is 9.59 Å². The third-order valence-electron chi connectivity index (χ3n) is 5.46. The van der Waals surface area contributed by atoms with Crippen LogP contribution < -0.4 is 0 Å². The standard InChI is InChI=1S/C29H24O2/c30-28(24-12-3-1-4-13-24)26-20-18-22(19-21-26)10-9-16-23-11-7-8-17-27(23)29(31)25-14-5-2-6-15-25/h1-8,11-15,17-21H,9-10,16H2. The molecule has 0 amide bonds. The molecular formula is C29H24O2. The molecule has 0 aliphatic heterocycles. The van der Waals surface area contributed by atoms with E-state index in [1.807, 2.05) is 109 Å². The maximum Gasteiger partial charge on any atom is 0.193 e. The maximum absolute atomic E-state index is 12.9. The third-order valence-corrected chi connectivity index (χ3v) is 5.46. The second kappa shape index (κ2) is 9.82. The molecule has 0 heterocycles. The fraction of sp³-hybridized carbons (Fsp3) is 0.103. The van der Waals surface area contributed by atoms with Crippen molar-refractivity contribution >= 4 is 11.6 Å². The van der Waals surface area contributed by atoms with Crippen LogP contribution in [-0.4, -0.2) is 11.6 Å². The average molecular weight is 405 g/mol. The van der Waals surface area contributed by atoms with Gasteiger partial charge < -0.3 is 0 Å². The zero-order valence-corrected chi connectivity index (χ0v) is 17.3. The third kappa shape index (κ3) is 5.04. The Bertz CT molecular complexity index is 1160. The van der Waals surface area contributed by atoms with Gasteiger partial charge in [0.15, 0.2) is 11.6 Å². The molecule has 31 heavy (non-hydrogen) atoms. The lowest BCUT2D eigenvalue weighted by Gasteiger charge is -2.09. The van der Waals surface area contributed by atoms with Crippen LogP contribution in [-0.2, 0) is 12.8 Å². The molecule has 0 aliphatic carbocycles. The normalized spacial score (nSPS) is 10.6. The topological polar surface area (TPSA) is 34.1 Å². The summed E-state index contributed by atoms with van der Waals surface area (Å²) in [5.74, 6) is 0.112. The first-order valence-electron chi connectivity index (χ1n) is 10.6. The molecular weight excluding hydrogens is 380 g/mol. The van der Waals surface area contributed by atoms with Gasteiger partial charge in [0.1, 0.15) is 0 Å². The van der Waals surface area contributed by atoms with Crippen molar-refractivity contribution in [2.45, 2.75) is 19.3 Å². The van der Waals surface area contributed by atoms with Crippen molar-refractivity contribution in [3.05, 3.63) is 143 Å². The van der Waals surface area contributed by atoms with Gasteiger partial charge in [-0.25, -0.2) is 0 Å². The number of ketones is 2. The number of carbonyl (C=O) groups is 2. The molecule has 0 aromatic heterocycles. The van der Waals surface area contributed by atoms with E-state index in [1.54, 1.807) is 0 Å². The Labute approximate surface area is 183 Å². The van der Waals surface area contributed by atoms with Gasteiger partial charge in [0.05, 0.1) is 0 Å². The molecule has 0 saturated carbocycles. The van der Waals surface area contributed by atoms with Gasteiger partial charge in [-0.3, -0.25) is 9.59 Å². The highest BCUT2D eigenvalue weighted by Gasteiger charge is 2.13. The Morgan fingerprint density at radius 2 is 1.00 bits per heavy atom. The van der Waals surface area contributed by atoms with Crippen molar-refractivity contribution in [3.8, 4) is 0 Å². The molecule has 0 atom stereocenters. The number of hydrogen-bond acceptors (Lipinski definition) is 2. The van der Waals surface area contributed by atoms with E-state index in [0.29, 0.717) is 16.7 Å². The summed E-state index contributed by atoms with van der Waals surface area (Å²) < 4.78 is 0. The summed E-state index contributed by atoms with van der Waals surface area (Å²) >= 11 is 0. The second-order valence-corrected chi connectivity index (χ2v) is 7.60. The summed E-state index contributed by atoms with van der Waals surface area (Å²) in [6.07, 6.45) is 2.66. The van der Waals surface area contributed by atoms with Crippen LogP contribution in [0.4, 0.5) is 0 Å². The van der Waals surface area contributed by atoms with Gasteiger partial charge in [-0.15, -0.1) is 0 Å². The molecule has 4 rings (SSSR count). The Morgan fingerprint density at radius 1 is 0.484 bits per heavy atom. The van der Waals surface area contributed by atoms with Crippen LogP contribution >= 0.6 is 0 Å². The summed E-state index contributed by atoms with van der Waals surface area (Å²) in [5.41, 5.74) is 5.17. The SMILES string of the molecule is O=C(c1ccccc1)c1ccc(CCCc2ccccc2C(=O)c2ccccc2)cc1. The van der Waals surface area contributed by atoms with Gasteiger partial charge in [-0.1, -0.05) is 109 Å². The summed E-state index contributed by atoms with van der Waals surface area (Å²) in [7, 11) is 0. The van der Waals surface area contributed by atoms with E-state index in [0.717, 1.165) is 30.4 Å². The number of hydrogen-bond donors (Lipinski definition) is 0. The minimum atomic E-state index is 0.0421. The summed E-state index contributed by atoms with van der Waals surface area (Å²) in [5, 5.41) is 0. The minimum Gasteiger partial charge on any atom is -0.289 e. The molecule has 0 radical (unpaired) electrons. The van der Waals surface area contributed by atoms with Crippen LogP contribution in [0.15, 0.2) is 109 Å². The number of benzene rings is 4. The Kier molecular flexibility index (Phi) is 6.49. The summed E-state index contributed by atoms with van der Waals surface area (Å²) in [6.45, 7) is 0. The molecule has 0 N–H and O–H groups in total. The lowest BCUT2D eigenvalue weighted by molar-refractivity contribution is 0.103. The van der Waals surface area contributed by atoms with Crippen molar-refractivity contribution in [2.24, 2.45) is 0 Å². The quantitative estimate of drug-likeness (QED) is 0.322. The molecule has 0 saturated heterocycles. The number of rotatable bonds is 8. The van der Waals surface area contributed by atoms with Crippen LogP contribution in [0.2, 0.25) is 0 Å². The van der Waals surface area contributed by atoms with Crippen molar-refractivity contribution in [1.29, 1.82) is 0 Å². The van der Waals surface area contributed by atoms with E-state index < -0.39 is 0 Å². The number of aryl methyl sites for hydroxylation is 2. The fourth-order valence-corrected chi connectivity index (χ4v) is 3.77. The molecule has 4 aromatic carbocycles. The largest absolute Gasteiger partial charge is 0.289 e. The Balaban J connectivity index is 1.39. The Hall–Kier alpha value is -3.78. The van der Waals surface area contributed by atoms with Crippen LogP contribution in [0.5, 0.6) is 0 Å². The highest BCUT2D eigenvalue weighted by atomic mass is 16.1. The lowest BCUT2D eigenvalue weighted by atomic mass is 9.94. The summed E-state index contributed by atoms with van der Waals surface area (Å²) in [4.78, 5) is 25.4. The molecule has 4 aromatic rings. The van der Waals surface area contributed by atoms with Gasteiger partial charge in [0.25, 0.3) is 0 Å². The first-order chi connectivity index (χ1) is 15.2. The first kappa shape index (κ1) is 20.5. The molecule has 0 aliphatic rings. The summed E-state index contributed by atoms with van der Waals surface area (Å²) in [6, 6.07) is 34.5. The van der Waals surface area contributed by atoms with Gasteiger partial charge in [-0.05, 0) is 30.4 Å². The zero-order valence-electron chi connectivity index (χ0n) is 17.3. The monoisotopic (exact) mass is 404 g/mol. The van der Waals surface area contributed by atoms with Crippen molar-refractivity contribution in [3.63, 3.8) is 0 Å². The van der Waals surface area contributed by atoms with Gasteiger partial charge in [0, 0.05) is 22.3 Å². The molecule has 0 spiro atoms. The van der Waals surface area contributed by atoms with E-state index in [1.165, 1.54) is 5.56 Å². The molecule has 2 nitrogen and oxygen atoms in total. The molecule has 2 heteroatoms. The van der Waals surface area contributed by atoms with Crippen molar-refractivity contribution in [1.82, 2.24) is 0 Å². The van der Waals surface area contributed by atoms with E-state index in [4.69, 9.17) is 0 Å². The van der Waals surface area contributed by atoms with Crippen LogP contribution in [0.3, 0.4) is 0 Å². The predicted octanol–water partition coefficient (Wildman–Crippen LogP) is 6.32. The molecule has 152 valence electrons. The zero-order chi connectivity index (χ0) is 21.5. The first-order valence-corrected chi connectivity index (χ1v) is 10.6. The lowest BCUT2D eigenvalue weighted by Crippen LogP contribution is -2.06. The second-order valence-electron chi connectivity index (χ2n) is 7.60. The van der Waals surface area contributed by atoms with E-state index in [2.05, 4.69) is 0 Å². The van der Waals surface area contributed by atoms with Gasteiger partial charge in [0.2, 0.25) is 0 Å². The molecule has 0 unspecified atom stereocenters. The van der Waals surface area contributed by atoms with Crippen molar-refractivity contribution < 1.29 is 9.59 Å². The highest BCUT2D eigenvalue weighted by molar-refractivity contribution is 6.10. The van der Waals surface area contributed by atoms with Gasteiger partial charge in [-0.2, -0.15) is 0 Å².